The lowest BCUT2D eigenvalue weighted by molar-refractivity contribution is -0.149. The molecule has 0 spiro atoms. The van der Waals surface area contributed by atoms with Crippen LogP contribution in [0.1, 0.15) is 33.4 Å². The summed E-state index contributed by atoms with van der Waals surface area (Å²) in [5, 5.41) is 37.6. The molecular formula is C24H39N8O10PS. The third-order valence-electron chi connectivity index (χ3n) is 6.54. The maximum absolute atomic E-state index is 14.0. The molecule has 6 unspecified atom stereocenters. The van der Waals surface area contributed by atoms with E-state index >= 15 is 0 Å². The maximum atomic E-state index is 14.0. The predicted molar refractivity (Wildman–Crippen MR) is 161 cm³/mol. The molecule has 0 aromatic carbocycles. The van der Waals surface area contributed by atoms with Crippen LogP contribution in [0, 0.1) is 0 Å². The van der Waals surface area contributed by atoms with Crippen molar-refractivity contribution in [3.05, 3.63) is 22.4 Å². The van der Waals surface area contributed by atoms with Crippen molar-refractivity contribution in [2.45, 2.75) is 69.6 Å². The second-order valence-electron chi connectivity index (χ2n) is 10.3. The minimum Gasteiger partial charge on any atom is -0.493 e. The molecule has 2 aromatic rings. The molecule has 246 valence electrons. The number of esters is 1. The van der Waals surface area contributed by atoms with Crippen molar-refractivity contribution >= 4 is 42.0 Å². The van der Waals surface area contributed by atoms with Gasteiger partial charge in [-0.25, -0.2) is 19.9 Å². The van der Waals surface area contributed by atoms with Crippen LogP contribution in [-0.2, 0) is 43.2 Å². The Hall–Kier alpha value is -3.19. The Labute approximate surface area is 257 Å². The number of aliphatic hydroxyl groups excluding tert-OH is 1. The summed E-state index contributed by atoms with van der Waals surface area (Å²) in [5.41, 5.74) is 3.65. The second kappa shape index (κ2) is 14.3. The number of carbonyl (C=O) groups excluding carboxylic acids is 1. The predicted octanol–water partition coefficient (Wildman–Crippen LogP) is 0.0750. The van der Waals surface area contributed by atoms with Gasteiger partial charge in [-0.3, -0.25) is 18.5 Å². The Morgan fingerprint density at radius 1 is 1.36 bits per heavy atom. The number of aromatic nitrogens is 4. The van der Waals surface area contributed by atoms with E-state index in [0.29, 0.717) is 17.1 Å². The van der Waals surface area contributed by atoms with Crippen molar-refractivity contribution in [1.82, 2.24) is 24.2 Å². The van der Waals surface area contributed by atoms with Gasteiger partial charge in [0.2, 0.25) is 17.7 Å². The zero-order valence-electron chi connectivity index (χ0n) is 25.3. The molecule has 0 amide bonds. The van der Waals surface area contributed by atoms with E-state index in [9.17, 15) is 29.5 Å². The number of aromatic hydroxyl groups is 1. The van der Waals surface area contributed by atoms with Crippen molar-refractivity contribution in [3.8, 4) is 11.8 Å². The smallest absolute Gasteiger partial charge is 0.330 e. The van der Waals surface area contributed by atoms with Gasteiger partial charge in [0, 0.05) is 19.8 Å². The quantitative estimate of drug-likeness (QED) is 0.0678. The first-order valence-electron chi connectivity index (χ1n) is 13.3. The number of carbonyl (C=O) groups is 1. The molecule has 1 aliphatic rings. The fourth-order valence-electron chi connectivity index (χ4n) is 4.01. The summed E-state index contributed by atoms with van der Waals surface area (Å²) >= 11 is 0.703. The van der Waals surface area contributed by atoms with Crippen molar-refractivity contribution in [2.24, 2.45) is 19.1 Å². The van der Waals surface area contributed by atoms with Gasteiger partial charge in [-0.15, -0.1) is 0 Å². The number of aliphatic hydroxyl groups is 2. The van der Waals surface area contributed by atoms with Gasteiger partial charge < -0.3 is 45.1 Å². The Kier molecular flexibility index (Phi) is 11.4. The number of ether oxygens (including phenoxy) is 3. The summed E-state index contributed by atoms with van der Waals surface area (Å²) in [7, 11) is 4.21. The Morgan fingerprint density at radius 3 is 2.64 bits per heavy atom. The molecule has 0 saturated carbocycles. The van der Waals surface area contributed by atoms with Crippen LogP contribution < -0.4 is 26.6 Å². The fourth-order valence-corrected chi connectivity index (χ4v) is 7.76. The van der Waals surface area contributed by atoms with E-state index in [4.69, 9.17) is 24.5 Å². The maximum Gasteiger partial charge on any atom is 0.330 e. The number of hydrogen-bond acceptors (Lipinski definition) is 15. The number of methoxy groups -OCH3 is 1. The molecule has 0 aliphatic carbocycles. The van der Waals surface area contributed by atoms with Crippen LogP contribution in [0.15, 0.2) is 16.0 Å². The summed E-state index contributed by atoms with van der Waals surface area (Å²) in [6.07, 6.45) is -1.90. The standard InChI is InChI=1S/C24H39N8O10PS/c1-12(2)41-20(35)13(3)30-43(38,44-10-15-19(34)32(6)23(36)31(15)5)40-9-16-17(33)24(4,37)21(42-16)28-11-27-14-8-26-22(25)29-18(14)39-7/h8,11-13,16-17,21,33-34,37H,9-10H2,1-7H3,(H,27,28)(H,30,38)(H2,25,26,29). The highest BCUT2D eigenvalue weighted by molar-refractivity contribution is 8.55. The number of hydrogen-bond donors (Lipinski definition) is 6. The van der Waals surface area contributed by atoms with Crippen LogP contribution in [0.2, 0.25) is 0 Å². The summed E-state index contributed by atoms with van der Waals surface area (Å²) in [4.78, 5) is 36.6. The average Bonchev–Trinajstić information content (AvgIpc) is 3.28. The van der Waals surface area contributed by atoms with E-state index in [1.807, 2.05) is 0 Å². The second-order valence-corrected chi connectivity index (χ2v) is 14.6. The third-order valence-corrected chi connectivity index (χ3v) is 10.5. The molecule has 2 aromatic heterocycles. The zero-order valence-corrected chi connectivity index (χ0v) is 27.0. The average molecular weight is 663 g/mol. The Balaban J connectivity index is 1.75. The van der Waals surface area contributed by atoms with E-state index in [2.05, 4.69) is 25.4 Å². The highest BCUT2D eigenvalue weighted by Gasteiger charge is 2.52. The van der Waals surface area contributed by atoms with Crippen LogP contribution in [0.4, 0.5) is 11.6 Å². The van der Waals surface area contributed by atoms with Crippen LogP contribution in [-0.4, -0.2) is 96.6 Å². The molecule has 7 N–H and O–H groups in total. The normalized spacial score (nSPS) is 24.0. The lowest BCUT2D eigenvalue weighted by Gasteiger charge is -2.26. The van der Waals surface area contributed by atoms with Crippen molar-refractivity contribution in [2.75, 3.05) is 24.8 Å². The topological polar surface area (TPSA) is 247 Å². The molecule has 44 heavy (non-hydrogen) atoms. The largest absolute Gasteiger partial charge is 0.493 e. The lowest BCUT2D eigenvalue weighted by Crippen LogP contribution is -2.45. The van der Waals surface area contributed by atoms with Crippen LogP contribution >= 0.6 is 18.1 Å². The molecule has 1 saturated heterocycles. The van der Waals surface area contributed by atoms with Crippen molar-refractivity contribution in [1.29, 1.82) is 0 Å². The highest BCUT2D eigenvalue weighted by atomic mass is 32.7. The van der Waals surface area contributed by atoms with Gasteiger partial charge in [0.15, 0.2) is 6.23 Å². The SMILES string of the molecule is COc1nc(N)ncc1NC=NC1OC(COP(=O)(NC(C)C(=O)OC(C)C)SCc2c(O)n(C)c(=O)n2C)C(O)C1(C)O. The first-order valence-corrected chi connectivity index (χ1v) is 16.5. The number of imidazole rings is 1. The first kappa shape index (κ1) is 35.3. The number of nitrogen functional groups attached to an aromatic ring is 1. The van der Waals surface area contributed by atoms with Crippen molar-refractivity contribution < 1.29 is 43.4 Å². The lowest BCUT2D eigenvalue weighted by atomic mass is 9.97. The molecular weight excluding hydrogens is 623 g/mol. The molecule has 1 fully saturated rings. The molecule has 0 bridgehead atoms. The minimum absolute atomic E-state index is 0.00173. The van der Waals surface area contributed by atoms with Crippen LogP contribution in [0.5, 0.6) is 11.8 Å². The summed E-state index contributed by atoms with van der Waals surface area (Å²) in [6, 6.07) is -1.08. The van der Waals surface area contributed by atoms with Crippen LogP contribution in [0.3, 0.4) is 0 Å². The van der Waals surface area contributed by atoms with E-state index < -0.39 is 61.2 Å². The number of rotatable bonds is 14. The monoisotopic (exact) mass is 662 g/mol. The number of aliphatic imine (C=N–C) groups is 1. The molecule has 3 heterocycles. The molecule has 0 radical (unpaired) electrons. The number of nitrogens with zero attached hydrogens (tertiary/aromatic N) is 5. The molecule has 6 atom stereocenters. The molecule has 3 rings (SSSR count). The van der Waals surface area contributed by atoms with Gasteiger partial charge in [-0.2, -0.15) is 4.98 Å². The summed E-state index contributed by atoms with van der Waals surface area (Å²) in [5.74, 6) is -1.03. The van der Waals surface area contributed by atoms with Gasteiger partial charge in [-0.1, -0.05) is 0 Å². The summed E-state index contributed by atoms with van der Waals surface area (Å²) in [6.45, 7) is 1.53. The Morgan fingerprint density at radius 2 is 2.05 bits per heavy atom. The van der Waals surface area contributed by atoms with Gasteiger partial charge >= 0.3 is 18.4 Å². The fraction of sp³-hybridized carbons (Fsp3) is 0.625. The highest BCUT2D eigenvalue weighted by Crippen LogP contribution is 2.58. The van der Waals surface area contributed by atoms with Crippen LogP contribution in [0.25, 0.3) is 0 Å². The number of anilines is 2. The van der Waals surface area contributed by atoms with Gasteiger partial charge in [0.05, 0.1) is 38.0 Å². The van der Waals surface area contributed by atoms with Crippen molar-refractivity contribution in [3.63, 3.8) is 0 Å². The van der Waals surface area contributed by atoms with Gasteiger partial charge in [0.25, 0.3) is 0 Å². The molecule has 18 nitrogen and oxygen atoms in total. The number of nitrogens with one attached hydrogen (secondary N) is 2. The van der Waals surface area contributed by atoms with Gasteiger partial charge in [-0.05, 0) is 39.1 Å². The molecule has 1 aliphatic heterocycles. The Bertz CT molecular complexity index is 1470. The van der Waals surface area contributed by atoms with E-state index in [1.165, 1.54) is 52.2 Å². The third kappa shape index (κ3) is 8.09. The van der Waals surface area contributed by atoms with Gasteiger partial charge in [0.1, 0.15) is 29.5 Å². The van der Waals surface area contributed by atoms with E-state index in [0.717, 1.165) is 4.57 Å². The van der Waals surface area contributed by atoms with E-state index in [-0.39, 0.29) is 29.2 Å². The summed E-state index contributed by atoms with van der Waals surface area (Å²) < 4.78 is 38.0. The minimum atomic E-state index is -4.03. The number of nitrogens with two attached hydrogens (primary N) is 1. The zero-order chi connectivity index (χ0) is 33.0. The first-order chi connectivity index (χ1) is 20.5. The van der Waals surface area contributed by atoms with E-state index in [1.54, 1.807) is 13.8 Å². The molecule has 20 heteroatoms.